The van der Waals surface area contributed by atoms with Crippen molar-refractivity contribution in [3.8, 4) is 11.5 Å². The summed E-state index contributed by atoms with van der Waals surface area (Å²) in [6.07, 6.45) is 1.16. The minimum Gasteiger partial charge on any atom is -0.478 e. The van der Waals surface area contributed by atoms with Gasteiger partial charge in [-0.2, -0.15) is 5.10 Å². The van der Waals surface area contributed by atoms with E-state index in [-0.39, 0.29) is 24.1 Å². The lowest BCUT2D eigenvalue weighted by Gasteiger charge is -2.15. The van der Waals surface area contributed by atoms with E-state index in [1.165, 1.54) is 11.7 Å². The number of fused-ring (bicyclic) bond motifs is 1. The van der Waals surface area contributed by atoms with E-state index in [0.717, 1.165) is 11.8 Å². The second-order valence-corrected chi connectivity index (χ2v) is 5.14. The van der Waals surface area contributed by atoms with Crippen LogP contribution in [0.15, 0.2) is 24.4 Å². The largest absolute Gasteiger partial charge is 0.478 e. The van der Waals surface area contributed by atoms with Crippen LogP contribution in [0.2, 0.25) is 0 Å². The molecule has 8 heteroatoms. The summed E-state index contributed by atoms with van der Waals surface area (Å²) in [5, 5.41) is 15.7. The third-order valence-corrected chi connectivity index (χ3v) is 3.63. The lowest BCUT2D eigenvalue weighted by molar-refractivity contribution is 0.0690. The maximum Gasteiger partial charge on any atom is 0.339 e. The second-order valence-electron chi connectivity index (χ2n) is 5.14. The molecular weight excluding hydrogens is 302 g/mol. The van der Waals surface area contributed by atoms with Crippen LogP contribution in [0, 0.1) is 0 Å². The lowest BCUT2D eigenvalue weighted by Crippen LogP contribution is -2.29. The number of carbonyl (C=O) groups excluding carboxylic acids is 1. The van der Waals surface area contributed by atoms with Crippen molar-refractivity contribution in [2.45, 2.75) is 13.0 Å². The summed E-state index contributed by atoms with van der Waals surface area (Å²) in [6.45, 7) is 1.97. The molecule has 2 aromatic rings. The zero-order valence-corrected chi connectivity index (χ0v) is 12.6. The highest BCUT2D eigenvalue weighted by Gasteiger charge is 2.23. The smallest absolute Gasteiger partial charge is 0.339 e. The molecule has 3 rings (SSSR count). The molecule has 2 N–H and O–H groups in total. The molecule has 0 aliphatic carbocycles. The Morgan fingerprint density at radius 2 is 2.09 bits per heavy atom. The number of carbonyl (C=O) groups is 2. The van der Waals surface area contributed by atoms with Crippen molar-refractivity contribution in [1.29, 1.82) is 0 Å². The topological polar surface area (TPSA) is 103 Å². The number of hydrogen-bond donors (Lipinski definition) is 2. The summed E-state index contributed by atoms with van der Waals surface area (Å²) >= 11 is 0. The first kappa shape index (κ1) is 14.9. The average Bonchev–Trinajstić information content (AvgIpc) is 3.12. The van der Waals surface area contributed by atoms with Crippen LogP contribution in [0.4, 0.5) is 0 Å². The Kier molecular flexibility index (Phi) is 3.65. The number of benzene rings is 1. The lowest BCUT2D eigenvalue weighted by atomic mass is 10.1. The molecule has 2 heterocycles. The van der Waals surface area contributed by atoms with Crippen LogP contribution in [0.5, 0.6) is 11.5 Å². The summed E-state index contributed by atoms with van der Waals surface area (Å²) in [6, 6.07) is 5.04. The number of ether oxygens (including phenoxy) is 2. The van der Waals surface area contributed by atoms with Gasteiger partial charge in [-0.1, -0.05) is 6.07 Å². The summed E-state index contributed by atoms with van der Waals surface area (Å²) in [7, 11) is 1.52. The van der Waals surface area contributed by atoms with Crippen molar-refractivity contribution in [3.05, 3.63) is 41.2 Å². The van der Waals surface area contributed by atoms with Gasteiger partial charge in [-0.05, 0) is 24.6 Å². The number of nitrogens with zero attached hydrogens (tertiary/aromatic N) is 2. The fourth-order valence-corrected chi connectivity index (χ4v) is 2.39. The van der Waals surface area contributed by atoms with E-state index in [9.17, 15) is 9.59 Å². The van der Waals surface area contributed by atoms with Crippen LogP contribution in [0.3, 0.4) is 0 Å². The molecule has 1 atom stereocenters. The molecule has 1 aromatic heterocycles. The molecule has 0 unspecified atom stereocenters. The standard InChI is InChI=1S/C15H15N3O5/c1-8(9-3-4-11-12(5-9)23-7-22-11)17-14(19)13-10(15(20)21)6-16-18(13)2/h3-6,8H,7H2,1-2H3,(H,17,19)(H,20,21)/t8-/m1/s1. The van der Waals surface area contributed by atoms with Crippen LogP contribution < -0.4 is 14.8 Å². The fraction of sp³-hybridized carbons (Fsp3) is 0.267. The van der Waals surface area contributed by atoms with Crippen molar-refractivity contribution < 1.29 is 24.2 Å². The first-order valence-corrected chi connectivity index (χ1v) is 6.93. The first-order valence-electron chi connectivity index (χ1n) is 6.93. The molecule has 0 fully saturated rings. The predicted octanol–water partition coefficient (Wildman–Crippen LogP) is 1.34. The molecule has 8 nitrogen and oxygen atoms in total. The van der Waals surface area contributed by atoms with E-state index in [1.54, 1.807) is 19.1 Å². The molecule has 1 aliphatic rings. The summed E-state index contributed by atoms with van der Waals surface area (Å²) in [5.74, 6) is -0.422. The molecule has 0 bridgehead atoms. The zero-order valence-electron chi connectivity index (χ0n) is 12.6. The van der Waals surface area contributed by atoms with Gasteiger partial charge in [0.05, 0.1) is 12.2 Å². The maximum absolute atomic E-state index is 12.4. The fourth-order valence-electron chi connectivity index (χ4n) is 2.39. The number of rotatable bonds is 4. The Morgan fingerprint density at radius 1 is 1.35 bits per heavy atom. The van der Waals surface area contributed by atoms with Crippen molar-refractivity contribution in [3.63, 3.8) is 0 Å². The highest BCUT2D eigenvalue weighted by Crippen LogP contribution is 2.34. The molecule has 0 saturated carbocycles. The highest BCUT2D eigenvalue weighted by molar-refractivity contribution is 6.03. The molecule has 0 spiro atoms. The molecule has 1 aliphatic heterocycles. The quantitative estimate of drug-likeness (QED) is 0.882. The molecule has 0 saturated heterocycles. The summed E-state index contributed by atoms with van der Waals surface area (Å²) in [5.41, 5.74) is 0.689. The minimum atomic E-state index is -1.20. The van der Waals surface area contributed by atoms with Crippen molar-refractivity contribution in [2.75, 3.05) is 6.79 Å². The van der Waals surface area contributed by atoms with Crippen LogP contribution >= 0.6 is 0 Å². The van der Waals surface area contributed by atoms with E-state index in [2.05, 4.69) is 10.4 Å². The van der Waals surface area contributed by atoms with Gasteiger partial charge in [-0.15, -0.1) is 0 Å². The summed E-state index contributed by atoms with van der Waals surface area (Å²) in [4.78, 5) is 23.5. The van der Waals surface area contributed by atoms with Crippen molar-refractivity contribution >= 4 is 11.9 Å². The zero-order chi connectivity index (χ0) is 16.6. The van der Waals surface area contributed by atoms with Crippen molar-refractivity contribution in [1.82, 2.24) is 15.1 Å². The molecule has 1 amide bonds. The van der Waals surface area contributed by atoms with E-state index in [1.807, 2.05) is 6.07 Å². The Labute approximate surface area is 131 Å². The number of nitrogens with one attached hydrogen (secondary N) is 1. The third kappa shape index (κ3) is 2.70. The maximum atomic E-state index is 12.4. The van der Waals surface area contributed by atoms with Gasteiger partial charge in [0.25, 0.3) is 5.91 Å². The number of amides is 1. The van der Waals surface area contributed by atoms with E-state index in [0.29, 0.717) is 11.5 Å². The minimum absolute atomic E-state index is 0.00472. The highest BCUT2D eigenvalue weighted by atomic mass is 16.7. The van der Waals surface area contributed by atoms with Crippen LogP contribution in [0.1, 0.15) is 39.4 Å². The Hall–Kier alpha value is -3.03. The molecular formula is C15H15N3O5. The number of carboxylic acid groups (broad SMARTS) is 1. The van der Waals surface area contributed by atoms with Gasteiger partial charge in [0, 0.05) is 7.05 Å². The van der Waals surface area contributed by atoms with Gasteiger partial charge in [-0.3, -0.25) is 9.48 Å². The Morgan fingerprint density at radius 3 is 2.83 bits per heavy atom. The van der Waals surface area contributed by atoms with Gasteiger partial charge in [0.1, 0.15) is 11.3 Å². The average molecular weight is 317 g/mol. The normalized spacial score (nSPS) is 13.7. The van der Waals surface area contributed by atoms with Crippen molar-refractivity contribution in [2.24, 2.45) is 7.05 Å². The van der Waals surface area contributed by atoms with E-state index >= 15 is 0 Å². The van der Waals surface area contributed by atoms with Gasteiger partial charge >= 0.3 is 5.97 Å². The number of aromatic carboxylic acids is 1. The SMILES string of the molecule is C[C@@H](NC(=O)c1c(C(=O)O)cnn1C)c1ccc2c(c1)OCO2. The second kappa shape index (κ2) is 5.64. The van der Waals surface area contributed by atoms with E-state index in [4.69, 9.17) is 14.6 Å². The third-order valence-electron chi connectivity index (χ3n) is 3.63. The Bertz CT molecular complexity index is 783. The van der Waals surface area contributed by atoms with Gasteiger partial charge in [0.15, 0.2) is 11.5 Å². The number of carboxylic acids is 1. The number of aryl methyl sites for hydroxylation is 1. The van der Waals surface area contributed by atoms with Crippen LogP contribution in [-0.4, -0.2) is 33.6 Å². The first-order chi connectivity index (χ1) is 11.0. The molecule has 23 heavy (non-hydrogen) atoms. The number of hydrogen-bond acceptors (Lipinski definition) is 5. The summed E-state index contributed by atoms with van der Waals surface area (Å²) < 4.78 is 11.8. The monoisotopic (exact) mass is 317 g/mol. The Balaban J connectivity index is 1.80. The molecule has 0 radical (unpaired) electrons. The van der Waals surface area contributed by atoms with Gasteiger partial charge in [0.2, 0.25) is 6.79 Å². The van der Waals surface area contributed by atoms with Crippen LogP contribution in [-0.2, 0) is 7.05 Å². The predicted molar refractivity (Wildman–Crippen MR) is 78.6 cm³/mol. The molecule has 1 aromatic carbocycles. The number of aromatic nitrogens is 2. The van der Waals surface area contributed by atoms with Crippen LogP contribution in [0.25, 0.3) is 0 Å². The van der Waals surface area contributed by atoms with Gasteiger partial charge < -0.3 is 19.9 Å². The van der Waals surface area contributed by atoms with E-state index < -0.39 is 11.9 Å². The van der Waals surface area contributed by atoms with Gasteiger partial charge in [-0.25, -0.2) is 4.79 Å². The molecule has 120 valence electrons.